The standard InChI is InChI=1S/C11H15ClN2/c1-9-2-3-11(10(12)8-9)14-6-4-13-5-7-14/h2-3,8,13H,4-7H2,1H3. The summed E-state index contributed by atoms with van der Waals surface area (Å²) in [4.78, 5) is 2.33. The fourth-order valence-electron chi connectivity index (χ4n) is 1.77. The molecule has 1 N–H and O–H groups in total. The van der Waals surface area contributed by atoms with E-state index >= 15 is 0 Å². The summed E-state index contributed by atoms with van der Waals surface area (Å²) < 4.78 is 0. The van der Waals surface area contributed by atoms with Gasteiger partial charge in [0.2, 0.25) is 0 Å². The van der Waals surface area contributed by atoms with Crippen LogP contribution >= 0.6 is 11.6 Å². The normalized spacial score (nSPS) is 17.1. The Morgan fingerprint density at radius 3 is 2.64 bits per heavy atom. The maximum Gasteiger partial charge on any atom is 0.0642 e. The molecule has 0 unspecified atom stereocenters. The number of piperazine rings is 1. The van der Waals surface area contributed by atoms with E-state index in [1.54, 1.807) is 0 Å². The first-order valence-corrected chi connectivity index (χ1v) is 5.37. The van der Waals surface area contributed by atoms with Crippen molar-refractivity contribution in [3.05, 3.63) is 28.8 Å². The minimum absolute atomic E-state index is 0.868. The second-order valence-electron chi connectivity index (χ2n) is 3.69. The van der Waals surface area contributed by atoms with E-state index in [0.717, 1.165) is 31.2 Å². The Hall–Kier alpha value is -0.730. The van der Waals surface area contributed by atoms with Crippen molar-refractivity contribution >= 4 is 17.3 Å². The van der Waals surface area contributed by atoms with Crippen LogP contribution in [-0.4, -0.2) is 26.2 Å². The van der Waals surface area contributed by atoms with Crippen LogP contribution in [0.3, 0.4) is 0 Å². The van der Waals surface area contributed by atoms with E-state index in [4.69, 9.17) is 11.6 Å². The molecule has 3 heteroatoms. The molecule has 1 fully saturated rings. The zero-order valence-corrected chi connectivity index (χ0v) is 9.14. The summed E-state index contributed by atoms with van der Waals surface area (Å²) in [5.74, 6) is 0. The molecule has 1 aromatic carbocycles. The van der Waals surface area contributed by atoms with Gasteiger partial charge in [0.15, 0.2) is 0 Å². The predicted molar refractivity (Wildman–Crippen MR) is 61.3 cm³/mol. The Morgan fingerprint density at radius 2 is 2.00 bits per heavy atom. The van der Waals surface area contributed by atoms with Gasteiger partial charge in [0, 0.05) is 26.2 Å². The van der Waals surface area contributed by atoms with Crippen LogP contribution in [0.25, 0.3) is 0 Å². The SMILES string of the molecule is Cc1ccc(N2CCNCC2)c(Cl)c1. The van der Waals surface area contributed by atoms with Gasteiger partial charge in [0.25, 0.3) is 0 Å². The molecule has 1 saturated heterocycles. The van der Waals surface area contributed by atoms with Gasteiger partial charge < -0.3 is 10.2 Å². The van der Waals surface area contributed by atoms with Crippen molar-refractivity contribution in [2.75, 3.05) is 31.1 Å². The van der Waals surface area contributed by atoms with E-state index in [2.05, 4.69) is 29.3 Å². The molecule has 2 nitrogen and oxygen atoms in total. The average Bonchev–Trinajstić information content (AvgIpc) is 2.19. The summed E-state index contributed by atoms with van der Waals surface area (Å²) in [5.41, 5.74) is 2.38. The molecule has 0 spiro atoms. The topological polar surface area (TPSA) is 15.3 Å². The number of nitrogens with zero attached hydrogens (tertiary/aromatic N) is 1. The molecule has 0 saturated carbocycles. The van der Waals surface area contributed by atoms with Crippen molar-refractivity contribution in [1.82, 2.24) is 5.32 Å². The van der Waals surface area contributed by atoms with E-state index in [1.807, 2.05) is 6.07 Å². The summed E-state index contributed by atoms with van der Waals surface area (Å²) in [5, 5.41) is 4.20. The summed E-state index contributed by atoms with van der Waals surface area (Å²) in [6.07, 6.45) is 0. The Kier molecular flexibility index (Phi) is 2.94. The number of aryl methyl sites for hydroxylation is 1. The van der Waals surface area contributed by atoms with Crippen LogP contribution in [0.15, 0.2) is 18.2 Å². The third-order valence-corrected chi connectivity index (χ3v) is 2.86. The van der Waals surface area contributed by atoms with Gasteiger partial charge >= 0.3 is 0 Å². The molecular formula is C11H15ClN2. The number of halogens is 1. The fraction of sp³-hybridized carbons (Fsp3) is 0.455. The van der Waals surface area contributed by atoms with Crippen LogP contribution in [0.1, 0.15) is 5.56 Å². The molecular weight excluding hydrogens is 196 g/mol. The van der Waals surface area contributed by atoms with Gasteiger partial charge in [0.1, 0.15) is 0 Å². The van der Waals surface area contributed by atoms with Gasteiger partial charge in [-0.1, -0.05) is 17.7 Å². The summed E-state index contributed by atoms with van der Waals surface area (Å²) in [7, 11) is 0. The summed E-state index contributed by atoms with van der Waals surface area (Å²) >= 11 is 6.20. The number of benzene rings is 1. The van der Waals surface area contributed by atoms with Crippen LogP contribution in [0, 0.1) is 6.92 Å². The number of anilines is 1. The number of hydrogen-bond donors (Lipinski definition) is 1. The van der Waals surface area contributed by atoms with Crippen LogP contribution in [0.2, 0.25) is 5.02 Å². The van der Waals surface area contributed by atoms with E-state index in [1.165, 1.54) is 11.3 Å². The lowest BCUT2D eigenvalue weighted by atomic mass is 10.2. The minimum atomic E-state index is 0.868. The third-order valence-electron chi connectivity index (χ3n) is 2.56. The highest BCUT2D eigenvalue weighted by Gasteiger charge is 2.12. The number of hydrogen-bond acceptors (Lipinski definition) is 2. The Bertz CT molecular complexity index is 319. The minimum Gasteiger partial charge on any atom is -0.368 e. The Balaban J connectivity index is 2.22. The first-order chi connectivity index (χ1) is 6.77. The Labute approximate surface area is 89.9 Å². The first-order valence-electron chi connectivity index (χ1n) is 4.99. The molecule has 1 aromatic rings. The molecule has 0 atom stereocenters. The zero-order chi connectivity index (χ0) is 9.97. The molecule has 1 heterocycles. The van der Waals surface area contributed by atoms with E-state index in [0.29, 0.717) is 0 Å². The average molecular weight is 211 g/mol. The molecule has 1 aliphatic heterocycles. The molecule has 0 aromatic heterocycles. The monoisotopic (exact) mass is 210 g/mol. The van der Waals surface area contributed by atoms with E-state index in [-0.39, 0.29) is 0 Å². The molecule has 76 valence electrons. The van der Waals surface area contributed by atoms with Gasteiger partial charge in [-0.25, -0.2) is 0 Å². The summed E-state index contributed by atoms with van der Waals surface area (Å²) in [6.45, 7) is 6.24. The van der Waals surface area contributed by atoms with Gasteiger partial charge in [0.05, 0.1) is 10.7 Å². The van der Waals surface area contributed by atoms with Crippen LogP contribution in [0.5, 0.6) is 0 Å². The van der Waals surface area contributed by atoms with Gasteiger partial charge in [-0.2, -0.15) is 0 Å². The van der Waals surface area contributed by atoms with Crippen molar-refractivity contribution in [1.29, 1.82) is 0 Å². The number of nitrogens with one attached hydrogen (secondary N) is 1. The van der Waals surface area contributed by atoms with Crippen LogP contribution in [-0.2, 0) is 0 Å². The molecule has 0 amide bonds. The van der Waals surface area contributed by atoms with Crippen LogP contribution in [0.4, 0.5) is 5.69 Å². The summed E-state index contributed by atoms with van der Waals surface area (Å²) in [6, 6.07) is 6.26. The van der Waals surface area contributed by atoms with E-state index in [9.17, 15) is 0 Å². The van der Waals surface area contributed by atoms with Crippen molar-refractivity contribution in [2.24, 2.45) is 0 Å². The second kappa shape index (κ2) is 4.20. The molecule has 1 aliphatic rings. The lowest BCUT2D eigenvalue weighted by Gasteiger charge is -2.30. The van der Waals surface area contributed by atoms with Gasteiger partial charge in [-0.3, -0.25) is 0 Å². The van der Waals surface area contributed by atoms with Gasteiger partial charge in [-0.15, -0.1) is 0 Å². The van der Waals surface area contributed by atoms with Crippen LogP contribution < -0.4 is 10.2 Å². The highest BCUT2D eigenvalue weighted by Crippen LogP contribution is 2.26. The number of rotatable bonds is 1. The maximum atomic E-state index is 6.20. The lowest BCUT2D eigenvalue weighted by molar-refractivity contribution is 0.589. The molecule has 2 rings (SSSR count). The van der Waals surface area contributed by atoms with Crippen molar-refractivity contribution < 1.29 is 0 Å². The smallest absolute Gasteiger partial charge is 0.0642 e. The second-order valence-corrected chi connectivity index (χ2v) is 4.10. The molecule has 0 aliphatic carbocycles. The zero-order valence-electron chi connectivity index (χ0n) is 8.39. The van der Waals surface area contributed by atoms with Crippen molar-refractivity contribution in [3.63, 3.8) is 0 Å². The maximum absolute atomic E-state index is 6.20. The van der Waals surface area contributed by atoms with E-state index < -0.39 is 0 Å². The van der Waals surface area contributed by atoms with Crippen molar-refractivity contribution in [3.8, 4) is 0 Å². The third kappa shape index (κ3) is 2.02. The fourth-order valence-corrected chi connectivity index (χ4v) is 2.13. The predicted octanol–water partition coefficient (Wildman–Crippen LogP) is 2.06. The highest BCUT2D eigenvalue weighted by atomic mass is 35.5. The molecule has 14 heavy (non-hydrogen) atoms. The first kappa shape index (κ1) is 9.81. The van der Waals surface area contributed by atoms with Crippen molar-refractivity contribution in [2.45, 2.75) is 6.92 Å². The largest absolute Gasteiger partial charge is 0.368 e. The highest BCUT2D eigenvalue weighted by molar-refractivity contribution is 6.33. The Morgan fingerprint density at radius 1 is 1.29 bits per heavy atom. The molecule has 0 bridgehead atoms. The quantitative estimate of drug-likeness (QED) is 0.764. The van der Waals surface area contributed by atoms with Gasteiger partial charge in [-0.05, 0) is 24.6 Å². The molecule has 0 radical (unpaired) electrons. The lowest BCUT2D eigenvalue weighted by Crippen LogP contribution is -2.43.